The molecule has 0 spiro atoms. The van der Waals surface area contributed by atoms with Crippen molar-refractivity contribution in [3.05, 3.63) is 53.1 Å². The van der Waals surface area contributed by atoms with Crippen LogP contribution in [0.25, 0.3) is 16.8 Å². The Kier molecular flexibility index (Phi) is 3.99. The van der Waals surface area contributed by atoms with Crippen molar-refractivity contribution < 1.29 is 4.79 Å². The smallest absolute Gasteiger partial charge is 0.263 e. The van der Waals surface area contributed by atoms with Crippen LogP contribution in [0.3, 0.4) is 0 Å². The van der Waals surface area contributed by atoms with Crippen LogP contribution in [-0.4, -0.2) is 11.4 Å². The monoisotopic (exact) mass is 308 g/mol. The predicted molar refractivity (Wildman–Crippen MR) is 95.8 cm³/mol. The maximum absolute atomic E-state index is 12.2. The lowest BCUT2D eigenvalue weighted by Crippen LogP contribution is -2.38. The van der Waals surface area contributed by atoms with Crippen molar-refractivity contribution in [1.82, 2.24) is 10.9 Å². The van der Waals surface area contributed by atoms with Gasteiger partial charge in [-0.25, -0.2) is 5.43 Å². The van der Waals surface area contributed by atoms with Gasteiger partial charge in [0.2, 0.25) is 0 Å². The zero-order valence-corrected chi connectivity index (χ0v) is 14.2. The molecule has 1 amide bonds. The quantitative estimate of drug-likeness (QED) is 0.846. The maximum Gasteiger partial charge on any atom is 0.263 e. The molecule has 0 aliphatic carbocycles. The Morgan fingerprint density at radius 2 is 1.87 bits per heavy atom. The van der Waals surface area contributed by atoms with Crippen molar-refractivity contribution in [2.24, 2.45) is 5.92 Å². The highest BCUT2D eigenvalue weighted by atomic mass is 16.2. The molecule has 0 unspecified atom stereocenters. The molecule has 120 valence electrons. The number of hydrazine groups is 1. The number of fused-ring (bicyclic) bond motifs is 1. The molecule has 0 aromatic heterocycles. The van der Waals surface area contributed by atoms with E-state index in [1.54, 1.807) is 0 Å². The van der Waals surface area contributed by atoms with Crippen LogP contribution in [0.4, 0.5) is 0 Å². The third-order valence-corrected chi connectivity index (χ3v) is 4.38. The summed E-state index contributed by atoms with van der Waals surface area (Å²) in [7, 11) is 0. The van der Waals surface area contributed by atoms with E-state index >= 15 is 0 Å². The van der Waals surface area contributed by atoms with Crippen LogP contribution in [0, 0.1) is 5.92 Å². The van der Waals surface area contributed by atoms with Crippen LogP contribution in [0.1, 0.15) is 38.8 Å². The van der Waals surface area contributed by atoms with E-state index in [-0.39, 0.29) is 11.4 Å². The van der Waals surface area contributed by atoms with Crippen molar-refractivity contribution in [2.45, 2.75) is 39.7 Å². The first-order valence-electron chi connectivity index (χ1n) is 8.19. The van der Waals surface area contributed by atoms with E-state index in [1.165, 1.54) is 21.9 Å². The van der Waals surface area contributed by atoms with Crippen molar-refractivity contribution in [3.8, 4) is 0 Å². The molecule has 3 rings (SSSR count). The fourth-order valence-electron chi connectivity index (χ4n) is 3.15. The lowest BCUT2D eigenvalue weighted by molar-refractivity contribution is -0.116. The summed E-state index contributed by atoms with van der Waals surface area (Å²) in [6, 6.07) is 12.7. The summed E-state index contributed by atoms with van der Waals surface area (Å²) in [6.07, 6.45) is 3.06. The minimum atomic E-state index is -0.372. The minimum Gasteiger partial charge on any atom is -0.287 e. The Balaban J connectivity index is 2.23. The second kappa shape index (κ2) is 5.82. The topological polar surface area (TPSA) is 41.1 Å². The normalized spacial score (nSPS) is 18.8. The number of carbonyl (C=O) groups is 1. The van der Waals surface area contributed by atoms with Gasteiger partial charge in [-0.15, -0.1) is 0 Å². The molecule has 1 fully saturated rings. The molecule has 23 heavy (non-hydrogen) atoms. The Morgan fingerprint density at radius 3 is 2.52 bits per heavy atom. The highest BCUT2D eigenvalue weighted by Gasteiger charge is 2.35. The highest BCUT2D eigenvalue weighted by molar-refractivity contribution is 6.04. The first kappa shape index (κ1) is 15.8. The third kappa shape index (κ3) is 3.02. The van der Waals surface area contributed by atoms with Gasteiger partial charge in [0.15, 0.2) is 0 Å². The van der Waals surface area contributed by atoms with Crippen molar-refractivity contribution in [2.75, 3.05) is 0 Å². The van der Waals surface area contributed by atoms with Gasteiger partial charge < -0.3 is 0 Å². The Bertz CT molecular complexity index is 787. The lowest BCUT2D eigenvalue weighted by Gasteiger charge is -2.19. The molecular formula is C20H24N2O. The molecule has 1 heterocycles. The molecule has 0 saturated carbocycles. The van der Waals surface area contributed by atoms with E-state index in [2.05, 4.69) is 67.2 Å². The second-order valence-corrected chi connectivity index (χ2v) is 7.22. The fourth-order valence-corrected chi connectivity index (χ4v) is 3.15. The van der Waals surface area contributed by atoms with Crippen LogP contribution in [0.15, 0.2) is 42.0 Å². The molecule has 0 bridgehead atoms. The van der Waals surface area contributed by atoms with Gasteiger partial charge >= 0.3 is 0 Å². The summed E-state index contributed by atoms with van der Waals surface area (Å²) in [5.41, 5.74) is 8.65. The Hall–Kier alpha value is -2.13. The van der Waals surface area contributed by atoms with Crippen LogP contribution >= 0.6 is 0 Å². The Labute approximate surface area is 137 Å². The summed E-state index contributed by atoms with van der Waals surface area (Å²) in [6.45, 7) is 8.48. The molecule has 0 atom stereocenters. The molecule has 2 aromatic carbocycles. The van der Waals surface area contributed by atoms with E-state index < -0.39 is 0 Å². The maximum atomic E-state index is 12.2. The number of benzene rings is 2. The Morgan fingerprint density at radius 1 is 1.13 bits per heavy atom. The van der Waals surface area contributed by atoms with Crippen LogP contribution < -0.4 is 10.9 Å². The average Bonchev–Trinajstić information content (AvgIpc) is 2.75. The number of hydrogen-bond acceptors (Lipinski definition) is 2. The molecule has 2 N–H and O–H groups in total. The van der Waals surface area contributed by atoms with Gasteiger partial charge in [0.05, 0.1) is 5.54 Å². The summed E-state index contributed by atoms with van der Waals surface area (Å²) in [5, 5.41) is 2.41. The number of hydrogen-bond donors (Lipinski definition) is 2. The predicted octanol–water partition coefficient (Wildman–Crippen LogP) is 3.83. The molecule has 3 heteroatoms. The van der Waals surface area contributed by atoms with Gasteiger partial charge in [-0.3, -0.25) is 10.2 Å². The van der Waals surface area contributed by atoms with Gasteiger partial charge in [-0.1, -0.05) is 50.2 Å². The zero-order chi connectivity index (χ0) is 16.6. The van der Waals surface area contributed by atoms with Crippen LogP contribution in [0.2, 0.25) is 0 Å². The first-order chi connectivity index (χ1) is 10.9. The molecule has 1 aliphatic heterocycles. The lowest BCUT2D eigenvalue weighted by atomic mass is 9.88. The zero-order valence-electron chi connectivity index (χ0n) is 14.2. The van der Waals surface area contributed by atoms with Crippen LogP contribution in [-0.2, 0) is 11.2 Å². The summed E-state index contributed by atoms with van der Waals surface area (Å²) < 4.78 is 0. The van der Waals surface area contributed by atoms with E-state index in [0.29, 0.717) is 5.92 Å². The molecule has 0 radical (unpaired) electrons. The van der Waals surface area contributed by atoms with Gasteiger partial charge in [-0.05, 0) is 54.2 Å². The second-order valence-electron chi connectivity index (χ2n) is 7.22. The first-order valence-corrected chi connectivity index (χ1v) is 8.19. The van der Waals surface area contributed by atoms with E-state index in [9.17, 15) is 4.79 Å². The van der Waals surface area contributed by atoms with Gasteiger partial charge in [0, 0.05) is 5.57 Å². The molecule has 2 aromatic rings. The van der Waals surface area contributed by atoms with Crippen molar-refractivity contribution in [3.63, 3.8) is 0 Å². The summed E-state index contributed by atoms with van der Waals surface area (Å²) in [5.74, 6) is 0.523. The fraction of sp³-hybridized carbons (Fsp3) is 0.350. The van der Waals surface area contributed by atoms with E-state index in [0.717, 1.165) is 12.0 Å². The van der Waals surface area contributed by atoms with Gasteiger partial charge in [-0.2, -0.15) is 0 Å². The SMILES string of the molecule is CC(C)Cc1ccc2ccccc2c1/C=C1\C(=O)NNC1(C)C. The van der Waals surface area contributed by atoms with E-state index in [1.807, 2.05) is 13.8 Å². The largest absolute Gasteiger partial charge is 0.287 e. The number of amides is 1. The van der Waals surface area contributed by atoms with Gasteiger partial charge in [0.25, 0.3) is 5.91 Å². The van der Waals surface area contributed by atoms with E-state index in [4.69, 9.17) is 0 Å². The molecule has 1 aliphatic rings. The van der Waals surface area contributed by atoms with Crippen molar-refractivity contribution >= 4 is 22.8 Å². The third-order valence-electron chi connectivity index (χ3n) is 4.38. The van der Waals surface area contributed by atoms with Crippen LogP contribution in [0.5, 0.6) is 0 Å². The van der Waals surface area contributed by atoms with Gasteiger partial charge in [0.1, 0.15) is 0 Å². The summed E-state index contributed by atoms with van der Waals surface area (Å²) >= 11 is 0. The number of carbonyl (C=O) groups excluding carboxylic acids is 1. The molecule has 1 saturated heterocycles. The average molecular weight is 308 g/mol. The minimum absolute atomic E-state index is 0.0431. The number of rotatable bonds is 3. The molecular weight excluding hydrogens is 284 g/mol. The molecule has 3 nitrogen and oxygen atoms in total. The highest BCUT2D eigenvalue weighted by Crippen LogP contribution is 2.30. The van der Waals surface area contributed by atoms with Crippen molar-refractivity contribution in [1.29, 1.82) is 0 Å². The number of nitrogens with one attached hydrogen (secondary N) is 2. The standard InChI is InChI=1S/C20H24N2O/c1-13(2)11-15-10-9-14-7-5-6-8-16(14)17(15)12-18-19(23)21-22-20(18,3)4/h5-10,12-13,22H,11H2,1-4H3,(H,21,23)/b18-12+. The summed E-state index contributed by atoms with van der Waals surface area (Å²) in [4.78, 5) is 12.2.